The first-order valence-electron chi connectivity index (χ1n) is 5.87. The van der Waals surface area contributed by atoms with Crippen LogP contribution in [0.15, 0.2) is 11.0 Å². The maximum atomic E-state index is 11.3. The van der Waals surface area contributed by atoms with Gasteiger partial charge in [0.2, 0.25) is 0 Å². The van der Waals surface area contributed by atoms with Gasteiger partial charge >= 0.3 is 5.69 Å². The number of nitrogens with one attached hydrogen (secondary N) is 2. The Morgan fingerprint density at radius 1 is 1.38 bits per heavy atom. The first kappa shape index (κ1) is 9.99. The predicted octanol–water partition coefficient (Wildman–Crippen LogP) is -0.338. The first-order chi connectivity index (χ1) is 7.84. The van der Waals surface area contributed by atoms with E-state index in [1.807, 2.05) is 0 Å². The molecule has 1 atom stereocenters. The minimum Gasteiger partial charge on any atom is -0.314 e. The zero-order chi connectivity index (χ0) is 11.0. The molecule has 0 amide bonds. The third kappa shape index (κ3) is 1.66. The van der Waals surface area contributed by atoms with E-state index in [1.54, 1.807) is 6.20 Å². The smallest absolute Gasteiger partial charge is 0.314 e. The van der Waals surface area contributed by atoms with Gasteiger partial charge in [0.05, 0.1) is 6.04 Å². The van der Waals surface area contributed by atoms with E-state index < -0.39 is 0 Å². The summed E-state index contributed by atoms with van der Waals surface area (Å²) >= 11 is 0. The molecule has 1 unspecified atom stereocenters. The van der Waals surface area contributed by atoms with Gasteiger partial charge in [0.1, 0.15) is 0 Å². The molecule has 5 heteroatoms. The van der Waals surface area contributed by atoms with Gasteiger partial charge < -0.3 is 10.3 Å². The number of hydrogen-bond acceptors (Lipinski definition) is 4. The molecule has 1 aliphatic heterocycles. The molecule has 1 aliphatic carbocycles. The highest BCUT2D eigenvalue weighted by Crippen LogP contribution is 2.32. The third-order valence-corrected chi connectivity index (χ3v) is 3.54. The van der Waals surface area contributed by atoms with Crippen molar-refractivity contribution in [2.75, 3.05) is 26.2 Å². The minimum atomic E-state index is -0.221. The summed E-state index contributed by atoms with van der Waals surface area (Å²) < 4.78 is 0. The number of fused-ring (bicyclic) bond motifs is 1. The monoisotopic (exact) mass is 220 g/mol. The number of nitrogens with zero attached hydrogens (tertiary/aromatic N) is 2. The van der Waals surface area contributed by atoms with Gasteiger partial charge in [-0.15, -0.1) is 0 Å². The van der Waals surface area contributed by atoms with Gasteiger partial charge in [-0.3, -0.25) is 4.90 Å². The molecule has 2 N–H and O–H groups in total. The molecule has 1 aromatic rings. The fourth-order valence-corrected chi connectivity index (χ4v) is 2.73. The number of H-pyrrole nitrogens is 1. The summed E-state index contributed by atoms with van der Waals surface area (Å²) in [6.07, 6.45) is 3.88. The molecule has 1 aromatic heterocycles. The zero-order valence-electron chi connectivity index (χ0n) is 9.20. The molecule has 0 spiro atoms. The number of aromatic nitrogens is 2. The van der Waals surface area contributed by atoms with Crippen molar-refractivity contribution >= 4 is 0 Å². The van der Waals surface area contributed by atoms with Gasteiger partial charge in [-0.2, -0.15) is 0 Å². The normalized spacial score (nSPS) is 25.6. The Bertz CT molecular complexity index is 436. The van der Waals surface area contributed by atoms with E-state index in [9.17, 15) is 4.79 Å². The van der Waals surface area contributed by atoms with E-state index in [2.05, 4.69) is 20.2 Å². The summed E-state index contributed by atoms with van der Waals surface area (Å²) in [4.78, 5) is 20.4. The number of piperazine rings is 1. The standard InChI is InChI=1S/C11H16N4O/c16-11-13-7-8-1-2-9(10(8)14-11)15-5-3-12-4-6-15/h7,9,12H,1-6H2,(H,13,14,16). The van der Waals surface area contributed by atoms with Crippen LogP contribution in [0, 0.1) is 0 Å². The molecule has 5 nitrogen and oxygen atoms in total. The van der Waals surface area contributed by atoms with Gasteiger partial charge in [0.15, 0.2) is 0 Å². The second-order valence-electron chi connectivity index (χ2n) is 4.47. The Morgan fingerprint density at radius 3 is 3.00 bits per heavy atom. The highest BCUT2D eigenvalue weighted by Gasteiger charge is 2.29. The largest absolute Gasteiger partial charge is 0.345 e. The zero-order valence-corrected chi connectivity index (χ0v) is 9.20. The molecular formula is C11H16N4O. The molecule has 3 rings (SSSR count). The van der Waals surface area contributed by atoms with E-state index in [1.165, 1.54) is 5.56 Å². The lowest BCUT2D eigenvalue weighted by Gasteiger charge is -2.32. The predicted molar refractivity (Wildman–Crippen MR) is 60.4 cm³/mol. The summed E-state index contributed by atoms with van der Waals surface area (Å²) in [6.45, 7) is 4.21. The van der Waals surface area contributed by atoms with E-state index in [4.69, 9.17) is 0 Å². The maximum absolute atomic E-state index is 11.3. The summed E-state index contributed by atoms with van der Waals surface area (Å²) in [5.74, 6) is 0. The average Bonchev–Trinajstić information content (AvgIpc) is 2.73. The molecule has 2 aliphatic rings. The molecule has 1 fully saturated rings. The summed E-state index contributed by atoms with van der Waals surface area (Å²) in [5.41, 5.74) is 2.09. The fraction of sp³-hybridized carbons (Fsp3) is 0.636. The Labute approximate surface area is 93.9 Å². The van der Waals surface area contributed by atoms with Crippen molar-refractivity contribution in [2.45, 2.75) is 18.9 Å². The van der Waals surface area contributed by atoms with Crippen molar-refractivity contribution in [3.63, 3.8) is 0 Å². The van der Waals surface area contributed by atoms with Crippen molar-refractivity contribution in [1.29, 1.82) is 0 Å². The number of aromatic amines is 1. The van der Waals surface area contributed by atoms with E-state index in [-0.39, 0.29) is 5.69 Å². The van der Waals surface area contributed by atoms with Crippen LogP contribution in [0.5, 0.6) is 0 Å². The van der Waals surface area contributed by atoms with Gasteiger partial charge in [-0.1, -0.05) is 0 Å². The number of hydrogen-bond donors (Lipinski definition) is 2. The Morgan fingerprint density at radius 2 is 2.19 bits per heavy atom. The average molecular weight is 220 g/mol. The third-order valence-electron chi connectivity index (χ3n) is 3.54. The van der Waals surface area contributed by atoms with Crippen LogP contribution < -0.4 is 11.0 Å². The van der Waals surface area contributed by atoms with Crippen molar-refractivity contribution in [2.24, 2.45) is 0 Å². The lowest BCUT2D eigenvalue weighted by Crippen LogP contribution is -2.45. The number of rotatable bonds is 1. The molecule has 2 heterocycles. The summed E-state index contributed by atoms with van der Waals surface area (Å²) in [5, 5.41) is 3.35. The SMILES string of the molecule is O=c1ncc2c([nH]1)C(N1CCNCC1)CC2. The lowest BCUT2D eigenvalue weighted by atomic mass is 10.1. The maximum Gasteiger partial charge on any atom is 0.345 e. The van der Waals surface area contributed by atoms with E-state index in [0.29, 0.717) is 6.04 Å². The van der Waals surface area contributed by atoms with Crippen LogP contribution >= 0.6 is 0 Å². The van der Waals surface area contributed by atoms with Crippen molar-refractivity contribution in [1.82, 2.24) is 20.2 Å². The molecular weight excluding hydrogens is 204 g/mol. The molecule has 0 saturated carbocycles. The van der Waals surface area contributed by atoms with Crippen LogP contribution in [0.25, 0.3) is 0 Å². The Kier molecular flexibility index (Phi) is 2.49. The summed E-state index contributed by atoms with van der Waals surface area (Å²) in [6, 6.07) is 0.396. The fourth-order valence-electron chi connectivity index (χ4n) is 2.73. The lowest BCUT2D eigenvalue weighted by molar-refractivity contribution is 0.170. The van der Waals surface area contributed by atoms with Crippen molar-refractivity contribution in [3.05, 3.63) is 27.9 Å². The van der Waals surface area contributed by atoms with Crippen LogP contribution in [0.1, 0.15) is 23.7 Å². The molecule has 16 heavy (non-hydrogen) atoms. The highest BCUT2D eigenvalue weighted by molar-refractivity contribution is 5.25. The van der Waals surface area contributed by atoms with Crippen LogP contribution in [0.2, 0.25) is 0 Å². The Balaban J connectivity index is 1.89. The van der Waals surface area contributed by atoms with Gasteiger partial charge in [-0.25, -0.2) is 9.78 Å². The van der Waals surface area contributed by atoms with Gasteiger partial charge in [-0.05, 0) is 18.4 Å². The van der Waals surface area contributed by atoms with Crippen LogP contribution in [0.4, 0.5) is 0 Å². The summed E-state index contributed by atoms with van der Waals surface area (Å²) in [7, 11) is 0. The molecule has 0 bridgehead atoms. The highest BCUT2D eigenvalue weighted by atomic mass is 16.1. The quantitative estimate of drug-likeness (QED) is 0.680. The molecule has 1 saturated heterocycles. The van der Waals surface area contributed by atoms with E-state index in [0.717, 1.165) is 44.7 Å². The van der Waals surface area contributed by atoms with Gasteiger partial charge in [0, 0.05) is 38.1 Å². The topological polar surface area (TPSA) is 61.0 Å². The van der Waals surface area contributed by atoms with Crippen molar-refractivity contribution in [3.8, 4) is 0 Å². The number of aryl methyl sites for hydroxylation is 1. The van der Waals surface area contributed by atoms with Crippen LogP contribution in [0.3, 0.4) is 0 Å². The van der Waals surface area contributed by atoms with Gasteiger partial charge in [0.25, 0.3) is 0 Å². The van der Waals surface area contributed by atoms with Crippen LogP contribution in [-0.2, 0) is 6.42 Å². The first-order valence-corrected chi connectivity index (χ1v) is 5.87. The second kappa shape index (κ2) is 3.99. The molecule has 86 valence electrons. The Hall–Kier alpha value is -1.20. The minimum absolute atomic E-state index is 0.221. The second-order valence-corrected chi connectivity index (χ2v) is 4.47. The van der Waals surface area contributed by atoms with Crippen LogP contribution in [-0.4, -0.2) is 41.0 Å². The molecule has 0 radical (unpaired) electrons. The van der Waals surface area contributed by atoms with E-state index >= 15 is 0 Å². The van der Waals surface area contributed by atoms with Crippen molar-refractivity contribution < 1.29 is 0 Å². The molecule has 0 aromatic carbocycles.